The molecule has 1 fully saturated rings. The lowest BCUT2D eigenvalue weighted by Crippen LogP contribution is -2.23. The number of benzene rings is 1. The Balaban J connectivity index is 2.13. The highest BCUT2D eigenvalue weighted by Gasteiger charge is 2.36. The Morgan fingerprint density at radius 1 is 1.39 bits per heavy atom. The number of hydrogen-bond donors (Lipinski definition) is 1. The van der Waals surface area contributed by atoms with Gasteiger partial charge in [-0.2, -0.15) is 5.26 Å². The van der Waals surface area contributed by atoms with Crippen LogP contribution in [0.1, 0.15) is 39.2 Å². The predicted octanol–water partition coefficient (Wildman–Crippen LogP) is 3.93. The molecule has 3 heteroatoms. The highest BCUT2D eigenvalue weighted by Crippen LogP contribution is 2.42. The standard InChI is InChI=1S/C15H19FN2/c1-10-7-15(2,3)8-14(10)18-13-5-4-11(9-17)6-12(13)16/h4-6,10,14,18H,7-8H2,1-3H3. The summed E-state index contributed by atoms with van der Waals surface area (Å²) in [6.07, 6.45) is 2.20. The molecule has 2 nitrogen and oxygen atoms in total. The fourth-order valence-electron chi connectivity index (χ4n) is 2.99. The zero-order chi connectivity index (χ0) is 13.3. The molecule has 1 N–H and O–H groups in total. The number of nitrogens with one attached hydrogen (secondary N) is 1. The molecule has 2 atom stereocenters. The summed E-state index contributed by atoms with van der Waals surface area (Å²) < 4.78 is 13.8. The zero-order valence-electron chi connectivity index (χ0n) is 11.1. The van der Waals surface area contributed by atoms with Gasteiger partial charge in [-0.1, -0.05) is 20.8 Å². The molecule has 0 aliphatic heterocycles. The lowest BCUT2D eigenvalue weighted by Gasteiger charge is -2.20. The summed E-state index contributed by atoms with van der Waals surface area (Å²) in [6, 6.07) is 6.84. The Kier molecular flexibility index (Phi) is 3.30. The summed E-state index contributed by atoms with van der Waals surface area (Å²) in [6.45, 7) is 6.70. The number of nitrogens with zero attached hydrogens (tertiary/aromatic N) is 1. The number of halogens is 1. The molecule has 2 unspecified atom stereocenters. The van der Waals surface area contributed by atoms with Gasteiger partial charge in [-0.15, -0.1) is 0 Å². The van der Waals surface area contributed by atoms with Crippen LogP contribution in [-0.2, 0) is 0 Å². The van der Waals surface area contributed by atoms with Crippen molar-refractivity contribution in [2.24, 2.45) is 11.3 Å². The van der Waals surface area contributed by atoms with E-state index in [2.05, 4.69) is 26.1 Å². The van der Waals surface area contributed by atoms with Crippen molar-refractivity contribution in [1.29, 1.82) is 5.26 Å². The normalized spacial score (nSPS) is 25.7. The van der Waals surface area contributed by atoms with Crippen molar-refractivity contribution in [2.75, 3.05) is 5.32 Å². The summed E-state index contributed by atoms with van der Waals surface area (Å²) in [7, 11) is 0. The summed E-state index contributed by atoms with van der Waals surface area (Å²) in [5, 5.41) is 12.0. The van der Waals surface area contributed by atoms with E-state index in [0.29, 0.717) is 28.6 Å². The fourth-order valence-corrected chi connectivity index (χ4v) is 2.99. The van der Waals surface area contributed by atoms with Crippen molar-refractivity contribution in [1.82, 2.24) is 0 Å². The van der Waals surface area contributed by atoms with Crippen molar-refractivity contribution < 1.29 is 4.39 Å². The van der Waals surface area contributed by atoms with Crippen LogP contribution in [0.3, 0.4) is 0 Å². The van der Waals surface area contributed by atoms with Crippen LogP contribution in [0.2, 0.25) is 0 Å². The van der Waals surface area contributed by atoms with Gasteiger partial charge >= 0.3 is 0 Å². The smallest absolute Gasteiger partial charge is 0.147 e. The van der Waals surface area contributed by atoms with E-state index in [1.54, 1.807) is 12.1 Å². The summed E-state index contributed by atoms with van der Waals surface area (Å²) in [4.78, 5) is 0. The SMILES string of the molecule is CC1CC(C)(C)CC1Nc1ccc(C#N)cc1F. The molecular weight excluding hydrogens is 227 g/mol. The molecule has 18 heavy (non-hydrogen) atoms. The molecule has 96 valence electrons. The van der Waals surface area contributed by atoms with Gasteiger partial charge in [0.25, 0.3) is 0 Å². The van der Waals surface area contributed by atoms with E-state index in [9.17, 15) is 4.39 Å². The third kappa shape index (κ3) is 2.64. The summed E-state index contributed by atoms with van der Waals surface area (Å²) >= 11 is 0. The van der Waals surface area contributed by atoms with Crippen LogP contribution in [0.4, 0.5) is 10.1 Å². The van der Waals surface area contributed by atoms with Gasteiger partial charge in [0.2, 0.25) is 0 Å². The molecule has 1 aliphatic carbocycles. The van der Waals surface area contributed by atoms with E-state index in [1.807, 2.05) is 6.07 Å². The maximum atomic E-state index is 13.8. The molecule has 0 spiro atoms. The third-order valence-corrected chi connectivity index (χ3v) is 3.77. The minimum absolute atomic E-state index is 0.308. The van der Waals surface area contributed by atoms with Gasteiger partial charge < -0.3 is 5.32 Å². The molecular formula is C15H19FN2. The van der Waals surface area contributed by atoms with Gasteiger partial charge in [0.15, 0.2) is 0 Å². The van der Waals surface area contributed by atoms with Gasteiger partial charge in [0.1, 0.15) is 5.82 Å². The summed E-state index contributed by atoms with van der Waals surface area (Å²) in [5.74, 6) is 0.195. The van der Waals surface area contributed by atoms with Crippen LogP contribution in [-0.4, -0.2) is 6.04 Å². The second-order valence-electron chi connectivity index (χ2n) is 6.11. The van der Waals surface area contributed by atoms with Crippen LogP contribution < -0.4 is 5.32 Å². The number of hydrogen-bond acceptors (Lipinski definition) is 2. The van der Waals surface area contributed by atoms with Gasteiger partial charge in [0, 0.05) is 6.04 Å². The minimum atomic E-state index is -0.342. The van der Waals surface area contributed by atoms with Crippen LogP contribution in [0.5, 0.6) is 0 Å². The first-order valence-electron chi connectivity index (χ1n) is 6.37. The van der Waals surface area contributed by atoms with E-state index in [1.165, 1.54) is 6.07 Å². The highest BCUT2D eigenvalue weighted by atomic mass is 19.1. The quantitative estimate of drug-likeness (QED) is 0.858. The molecule has 0 saturated heterocycles. The Morgan fingerprint density at radius 3 is 2.61 bits per heavy atom. The topological polar surface area (TPSA) is 35.8 Å². The fraction of sp³-hybridized carbons (Fsp3) is 0.533. The first-order chi connectivity index (χ1) is 8.41. The van der Waals surface area contributed by atoms with Crippen molar-refractivity contribution in [3.05, 3.63) is 29.6 Å². The van der Waals surface area contributed by atoms with Crippen molar-refractivity contribution in [2.45, 2.75) is 39.7 Å². The maximum Gasteiger partial charge on any atom is 0.147 e. The molecule has 0 aromatic heterocycles. The molecule has 0 amide bonds. The maximum absolute atomic E-state index is 13.8. The van der Waals surface area contributed by atoms with Crippen LogP contribution >= 0.6 is 0 Å². The van der Waals surface area contributed by atoms with Gasteiger partial charge in [-0.3, -0.25) is 0 Å². The van der Waals surface area contributed by atoms with E-state index < -0.39 is 0 Å². The number of anilines is 1. The lowest BCUT2D eigenvalue weighted by molar-refractivity contribution is 0.366. The average molecular weight is 246 g/mol. The van der Waals surface area contributed by atoms with Crippen molar-refractivity contribution in [3.8, 4) is 6.07 Å². The third-order valence-electron chi connectivity index (χ3n) is 3.77. The highest BCUT2D eigenvalue weighted by molar-refractivity contribution is 5.49. The molecule has 2 rings (SSSR count). The largest absolute Gasteiger partial charge is 0.380 e. The second-order valence-corrected chi connectivity index (χ2v) is 6.11. The monoisotopic (exact) mass is 246 g/mol. The van der Waals surface area contributed by atoms with E-state index in [-0.39, 0.29) is 5.82 Å². The summed E-state index contributed by atoms with van der Waals surface area (Å²) in [5.41, 5.74) is 1.18. The lowest BCUT2D eigenvalue weighted by atomic mass is 9.91. The minimum Gasteiger partial charge on any atom is -0.380 e. The molecule has 1 aliphatic rings. The Labute approximate surface area is 108 Å². The average Bonchev–Trinajstić information content (AvgIpc) is 2.54. The first-order valence-corrected chi connectivity index (χ1v) is 6.37. The Morgan fingerprint density at radius 2 is 2.11 bits per heavy atom. The molecule has 1 aromatic carbocycles. The first kappa shape index (κ1) is 12.9. The van der Waals surface area contributed by atoms with E-state index >= 15 is 0 Å². The Hall–Kier alpha value is -1.56. The van der Waals surface area contributed by atoms with E-state index in [4.69, 9.17) is 5.26 Å². The van der Waals surface area contributed by atoms with E-state index in [0.717, 1.165) is 12.8 Å². The predicted molar refractivity (Wildman–Crippen MR) is 70.7 cm³/mol. The molecule has 0 bridgehead atoms. The number of rotatable bonds is 2. The van der Waals surface area contributed by atoms with Gasteiger partial charge in [-0.25, -0.2) is 4.39 Å². The Bertz CT molecular complexity index is 488. The van der Waals surface area contributed by atoms with Gasteiger partial charge in [0.05, 0.1) is 17.3 Å². The van der Waals surface area contributed by atoms with Crippen LogP contribution in [0.25, 0.3) is 0 Å². The van der Waals surface area contributed by atoms with Crippen LogP contribution in [0.15, 0.2) is 18.2 Å². The molecule has 0 radical (unpaired) electrons. The molecule has 1 saturated carbocycles. The second kappa shape index (κ2) is 4.61. The van der Waals surface area contributed by atoms with Crippen molar-refractivity contribution in [3.63, 3.8) is 0 Å². The van der Waals surface area contributed by atoms with Crippen molar-refractivity contribution >= 4 is 5.69 Å². The zero-order valence-corrected chi connectivity index (χ0v) is 11.1. The number of nitriles is 1. The van der Waals surface area contributed by atoms with Gasteiger partial charge in [-0.05, 0) is 42.4 Å². The van der Waals surface area contributed by atoms with Crippen LogP contribution in [0, 0.1) is 28.5 Å². The molecule has 1 aromatic rings. The molecule has 0 heterocycles.